The Kier molecular flexibility index (Phi) is 4.40. The summed E-state index contributed by atoms with van der Waals surface area (Å²) in [7, 11) is 1.91. The fourth-order valence-corrected chi connectivity index (χ4v) is 2.03. The Bertz CT molecular complexity index is 572. The minimum atomic E-state index is 0.177. The van der Waals surface area contributed by atoms with Crippen molar-refractivity contribution in [3.8, 4) is 11.6 Å². The van der Waals surface area contributed by atoms with Crippen molar-refractivity contribution >= 4 is 11.6 Å². The van der Waals surface area contributed by atoms with Crippen molar-refractivity contribution in [3.63, 3.8) is 0 Å². The van der Waals surface area contributed by atoms with Gasteiger partial charge in [0.25, 0.3) is 0 Å². The second kappa shape index (κ2) is 6.04. The number of pyridine rings is 1. The van der Waals surface area contributed by atoms with Gasteiger partial charge in [-0.05, 0) is 50.7 Å². The maximum absolute atomic E-state index is 5.94. The summed E-state index contributed by atoms with van der Waals surface area (Å²) < 4.78 is 5.91. The van der Waals surface area contributed by atoms with Gasteiger partial charge in [0.05, 0.1) is 0 Å². The molecule has 1 heterocycles. The SMILES string of the molecule is CNC(C)c1cccnc1Oc1ccc(Cl)cc1C. The van der Waals surface area contributed by atoms with Gasteiger partial charge in [0.15, 0.2) is 0 Å². The lowest BCUT2D eigenvalue weighted by Crippen LogP contribution is -2.13. The van der Waals surface area contributed by atoms with Gasteiger partial charge < -0.3 is 10.1 Å². The van der Waals surface area contributed by atoms with Crippen LogP contribution in [0.1, 0.15) is 24.1 Å². The van der Waals surface area contributed by atoms with Gasteiger partial charge in [-0.1, -0.05) is 17.7 Å². The van der Waals surface area contributed by atoms with E-state index in [1.807, 2.05) is 44.3 Å². The quantitative estimate of drug-likeness (QED) is 0.912. The van der Waals surface area contributed by atoms with Crippen LogP contribution >= 0.6 is 11.6 Å². The van der Waals surface area contributed by atoms with Crippen LogP contribution in [0.25, 0.3) is 0 Å². The molecule has 4 heteroatoms. The predicted octanol–water partition coefficient (Wildman–Crippen LogP) is 4.12. The number of aromatic nitrogens is 1. The van der Waals surface area contributed by atoms with E-state index < -0.39 is 0 Å². The number of aryl methyl sites for hydroxylation is 1. The van der Waals surface area contributed by atoms with Gasteiger partial charge in [0, 0.05) is 22.8 Å². The zero-order valence-corrected chi connectivity index (χ0v) is 12.0. The van der Waals surface area contributed by atoms with Crippen LogP contribution in [0, 0.1) is 6.92 Å². The standard InChI is InChI=1S/C15H17ClN2O/c1-10-9-12(16)6-7-14(10)19-15-13(11(2)17-3)5-4-8-18-15/h4-9,11,17H,1-3H3. The first-order valence-corrected chi connectivity index (χ1v) is 6.56. The lowest BCUT2D eigenvalue weighted by atomic mass is 10.1. The molecule has 19 heavy (non-hydrogen) atoms. The number of hydrogen-bond donors (Lipinski definition) is 1. The van der Waals surface area contributed by atoms with Crippen LogP contribution in [-0.4, -0.2) is 12.0 Å². The lowest BCUT2D eigenvalue weighted by Gasteiger charge is -2.15. The summed E-state index contributed by atoms with van der Waals surface area (Å²) in [4.78, 5) is 4.31. The molecule has 1 aromatic carbocycles. The number of nitrogens with one attached hydrogen (secondary N) is 1. The van der Waals surface area contributed by atoms with Gasteiger partial charge in [-0.3, -0.25) is 0 Å². The zero-order valence-electron chi connectivity index (χ0n) is 11.3. The van der Waals surface area contributed by atoms with Crippen LogP contribution in [0.4, 0.5) is 0 Å². The van der Waals surface area contributed by atoms with E-state index in [1.165, 1.54) is 0 Å². The van der Waals surface area contributed by atoms with Gasteiger partial charge in [0.1, 0.15) is 5.75 Å². The molecular formula is C15H17ClN2O. The Labute approximate surface area is 118 Å². The second-order valence-corrected chi connectivity index (χ2v) is 4.86. The van der Waals surface area contributed by atoms with Gasteiger partial charge >= 0.3 is 0 Å². The zero-order chi connectivity index (χ0) is 13.8. The molecule has 1 atom stereocenters. The molecule has 1 aromatic heterocycles. The van der Waals surface area contributed by atoms with Crippen molar-refractivity contribution in [2.45, 2.75) is 19.9 Å². The fraction of sp³-hybridized carbons (Fsp3) is 0.267. The van der Waals surface area contributed by atoms with Crippen LogP contribution in [0.15, 0.2) is 36.5 Å². The monoisotopic (exact) mass is 276 g/mol. The van der Waals surface area contributed by atoms with Crippen molar-refractivity contribution in [3.05, 3.63) is 52.7 Å². The van der Waals surface area contributed by atoms with Crippen molar-refractivity contribution in [1.29, 1.82) is 0 Å². The Balaban J connectivity index is 2.33. The van der Waals surface area contributed by atoms with E-state index in [0.717, 1.165) is 16.9 Å². The maximum atomic E-state index is 5.94. The van der Waals surface area contributed by atoms with E-state index in [1.54, 1.807) is 6.20 Å². The van der Waals surface area contributed by atoms with Crippen molar-refractivity contribution < 1.29 is 4.74 Å². The molecule has 0 aliphatic carbocycles. The summed E-state index contributed by atoms with van der Waals surface area (Å²) >= 11 is 5.94. The van der Waals surface area contributed by atoms with E-state index >= 15 is 0 Å². The van der Waals surface area contributed by atoms with E-state index in [2.05, 4.69) is 17.2 Å². The predicted molar refractivity (Wildman–Crippen MR) is 78.0 cm³/mol. The Morgan fingerprint density at radius 2 is 2.11 bits per heavy atom. The highest BCUT2D eigenvalue weighted by molar-refractivity contribution is 6.30. The number of rotatable bonds is 4. The fourth-order valence-electron chi connectivity index (χ4n) is 1.81. The molecule has 0 saturated heterocycles. The number of halogens is 1. The third-order valence-corrected chi connectivity index (χ3v) is 3.28. The highest BCUT2D eigenvalue weighted by atomic mass is 35.5. The number of benzene rings is 1. The van der Waals surface area contributed by atoms with Crippen LogP contribution in [0.5, 0.6) is 11.6 Å². The van der Waals surface area contributed by atoms with E-state index in [4.69, 9.17) is 16.3 Å². The van der Waals surface area contributed by atoms with Gasteiger partial charge in [-0.2, -0.15) is 0 Å². The van der Waals surface area contributed by atoms with Crippen LogP contribution < -0.4 is 10.1 Å². The van der Waals surface area contributed by atoms with Crippen LogP contribution in [0.3, 0.4) is 0 Å². The third kappa shape index (κ3) is 3.25. The molecule has 0 bridgehead atoms. The molecule has 1 N–H and O–H groups in total. The first-order valence-electron chi connectivity index (χ1n) is 6.18. The number of hydrogen-bond acceptors (Lipinski definition) is 3. The molecule has 0 spiro atoms. The molecule has 0 saturated carbocycles. The highest BCUT2D eigenvalue weighted by Crippen LogP contribution is 2.30. The van der Waals surface area contributed by atoms with Gasteiger partial charge in [-0.25, -0.2) is 4.98 Å². The van der Waals surface area contributed by atoms with Gasteiger partial charge in [0.2, 0.25) is 5.88 Å². The summed E-state index contributed by atoms with van der Waals surface area (Å²) in [6.45, 7) is 4.03. The molecular weight excluding hydrogens is 260 g/mol. The molecule has 0 fully saturated rings. The molecule has 0 aliphatic heterocycles. The molecule has 0 amide bonds. The molecule has 3 nitrogen and oxygen atoms in total. The maximum Gasteiger partial charge on any atom is 0.223 e. The Morgan fingerprint density at radius 1 is 1.32 bits per heavy atom. The van der Waals surface area contributed by atoms with Crippen molar-refractivity contribution in [1.82, 2.24) is 10.3 Å². The lowest BCUT2D eigenvalue weighted by molar-refractivity contribution is 0.444. The molecule has 0 radical (unpaired) electrons. The topological polar surface area (TPSA) is 34.2 Å². The summed E-state index contributed by atoms with van der Waals surface area (Å²) in [5.74, 6) is 1.39. The van der Waals surface area contributed by atoms with Crippen LogP contribution in [0.2, 0.25) is 5.02 Å². The van der Waals surface area contributed by atoms with E-state index in [9.17, 15) is 0 Å². The minimum absolute atomic E-state index is 0.177. The normalized spacial score (nSPS) is 12.2. The molecule has 0 aliphatic rings. The van der Waals surface area contributed by atoms with Crippen molar-refractivity contribution in [2.75, 3.05) is 7.05 Å². The molecule has 100 valence electrons. The largest absolute Gasteiger partial charge is 0.438 e. The Morgan fingerprint density at radius 3 is 2.79 bits per heavy atom. The summed E-state index contributed by atoms with van der Waals surface area (Å²) in [5.41, 5.74) is 2.01. The molecule has 2 rings (SSSR count). The highest BCUT2D eigenvalue weighted by Gasteiger charge is 2.12. The van der Waals surface area contributed by atoms with Gasteiger partial charge in [-0.15, -0.1) is 0 Å². The second-order valence-electron chi connectivity index (χ2n) is 4.42. The van der Waals surface area contributed by atoms with Crippen molar-refractivity contribution in [2.24, 2.45) is 0 Å². The minimum Gasteiger partial charge on any atom is -0.438 e. The average molecular weight is 277 g/mol. The third-order valence-electron chi connectivity index (χ3n) is 3.04. The van der Waals surface area contributed by atoms with E-state index in [-0.39, 0.29) is 6.04 Å². The van der Waals surface area contributed by atoms with Crippen LogP contribution in [-0.2, 0) is 0 Å². The summed E-state index contributed by atoms with van der Waals surface area (Å²) in [6.07, 6.45) is 1.73. The van der Waals surface area contributed by atoms with E-state index in [0.29, 0.717) is 10.9 Å². The molecule has 1 unspecified atom stereocenters. The Hall–Kier alpha value is -1.58. The summed E-state index contributed by atoms with van der Waals surface area (Å²) in [6, 6.07) is 9.64. The molecule has 2 aromatic rings. The average Bonchev–Trinajstić information content (AvgIpc) is 2.41. The first-order chi connectivity index (χ1) is 9.11. The number of ether oxygens (including phenoxy) is 1. The summed E-state index contributed by atoms with van der Waals surface area (Å²) in [5, 5.41) is 3.89. The number of nitrogens with zero attached hydrogens (tertiary/aromatic N) is 1. The first kappa shape index (κ1) is 13.8. The smallest absolute Gasteiger partial charge is 0.223 e.